The van der Waals surface area contributed by atoms with Crippen LogP contribution in [0.3, 0.4) is 0 Å². The van der Waals surface area contributed by atoms with Gasteiger partial charge in [-0.3, -0.25) is 4.79 Å². The fourth-order valence-corrected chi connectivity index (χ4v) is 2.66. The topological polar surface area (TPSA) is 90.2 Å². The number of ether oxygens (including phenoxy) is 1. The zero-order chi connectivity index (χ0) is 13.6. The Balaban J connectivity index is 1.94. The number of aliphatic hydroxyl groups excluding tert-OH is 3. The SMILES string of the molecule is O=C1[C@@H](O)[C@@H](O)[C@H](O)[C@@H]2OC[C@@H](c3ccccc3)N12. The highest BCUT2D eigenvalue weighted by Gasteiger charge is 2.53. The van der Waals surface area contributed by atoms with Gasteiger partial charge in [-0.05, 0) is 5.56 Å². The second-order valence-corrected chi connectivity index (χ2v) is 4.82. The fourth-order valence-electron chi connectivity index (χ4n) is 2.66. The van der Waals surface area contributed by atoms with Crippen LogP contribution in [0.4, 0.5) is 0 Å². The van der Waals surface area contributed by atoms with E-state index < -0.39 is 30.4 Å². The molecule has 0 radical (unpaired) electrons. The normalized spacial score (nSPS) is 38.4. The minimum absolute atomic E-state index is 0.233. The first kappa shape index (κ1) is 12.6. The van der Waals surface area contributed by atoms with Crippen molar-refractivity contribution in [3.63, 3.8) is 0 Å². The van der Waals surface area contributed by atoms with Gasteiger partial charge in [-0.25, -0.2) is 0 Å². The molecule has 1 aromatic carbocycles. The van der Waals surface area contributed by atoms with Crippen molar-refractivity contribution in [3.05, 3.63) is 35.9 Å². The van der Waals surface area contributed by atoms with Crippen LogP contribution < -0.4 is 0 Å². The molecule has 0 aromatic heterocycles. The molecule has 0 spiro atoms. The number of piperidine rings is 1. The van der Waals surface area contributed by atoms with E-state index in [4.69, 9.17) is 4.74 Å². The zero-order valence-electron chi connectivity index (χ0n) is 10.1. The van der Waals surface area contributed by atoms with Gasteiger partial charge in [0, 0.05) is 0 Å². The lowest BCUT2D eigenvalue weighted by Gasteiger charge is -2.40. The standard InChI is InChI=1S/C13H15NO5/c15-9-10(16)12(18)14-8(6-19-13(14)11(9)17)7-4-2-1-3-5-7/h1-5,8-11,13,15-17H,6H2/t8-,9+,10-,11-,13-/m0/s1. The molecule has 2 aliphatic heterocycles. The summed E-state index contributed by atoms with van der Waals surface area (Å²) in [4.78, 5) is 13.4. The van der Waals surface area contributed by atoms with Crippen LogP contribution >= 0.6 is 0 Å². The van der Waals surface area contributed by atoms with E-state index >= 15 is 0 Å². The molecule has 0 bridgehead atoms. The fraction of sp³-hybridized carbons (Fsp3) is 0.462. The molecule has 19 heavy (non-hydrogen) atoms. The monoisotopic (exact) mass is 265 g/mol. The van der Waals surface area contributed by atoms with Crippen molar-refractivity contribution < 1.29 is 24.9 Å². The molecule has 0 aliphatic carbocycles. The van der Waals surface area contributed by atoms with Crippen molar-refractivity contribution >= 4 is 5.91 Å². The van der Waals surface area contributed by atoms with Gasteiger partial charge in [0.25, 0.3) is 5.91 Å². The number of rotatable bonds is 1. The Hall–Kier alpha value is -1.47. The molecule has 102 valence electrons. The van der Waals surface area contributed by atoms with Gasteiger partial charge in [0.1, 0.15) is 12.2 Å². The first-order valence-corrected chi connectivity index (χ1v) is 6.14. The minimum atomic E-state index is -1.61. The predicted molar refractivity (Wildman–Crippen MR) is 63.8 cm³/mol. The molecule has 2 fully saturated rings. The molecule has 2 saturated heterocycles. The summed E-state index contributed by atoms with van der Waals surface area (Å²) in [6, 6.07) is 8.91. The summed E-state index contributed by atoms with van der Waals surface area (Å²) in [6.45, 7) is 0.233. The third kappa shape index (κ3) is 1.84. The van der Waals surface area contributed by atoms with E-state index in [0.29, 0.717) is 0 Å². The number of amides is 1. The lowest BCUT2D eigenvalue weighted by Crippen LogP contribution is -2.62. The minimum Gasteiger partial charge on any atom is -0.387 e. The van der Waals surface area contributed by atoms with Crippen molar-refractivity contribution in [2.45, 2.75) is 30.6 Å². The maximum atomic E-state index is 12.1. The van der Waals surface area contributed by atoms with Crippen molar-refractivity contribution in [2.75, 3.05) is 6.61 Å². The van der Waals surface area contributed by atoms with Crippen molar-refractivity contribution in [3.8, 4) is 0 Å². The molecule has 0 saturated carbocycles. The number of fused-ring (bicyclic) bond motifs is 1. The Morgan fingerprint density at radius 3 is 2.47 bits per heavy atom. The molecular formula is C13H15NO5. The molecular weight excluding hydrogens is 250 g/mol. The molecule has 2 aliphatic rings. The largest absolute Gasteiger partial charge is 0.387 e. The zero-order valence-corrected chi connectivity index (χ0v) is 10.1. The highest BCUT2D eigenvalue weighted by molar-refractivity contribution is 5.83. The molecule has 1 aromatic rings. The van der Waals surface area contributed by atoms with Gasteiger partial charge in [0.2, 0.25) is 0 Å². The van der Waals surface area contributed by atoms with Crippen molar-refractivity contribution in [1.82, 2.24) is 4.90 Å². The highest BCUT2D eigenvalue weighted by Crippen LogP contribution is 2.36. The summed E-state index contributed by atoms with van der Waals surface area (Å²) >= 11 is 0. The van der Waals surface area contributed by atoms with Crippen molar-refractivity contribution in [2.24, 2.45) is 0 Å². The highest BCUT2D eigenvalue weighted by atomic mass is 16.5. The Morgan fingerprint density at radius 2 is 1.79 bits per heavy atom. The molecule has 5 atom stereocenters. The van der Waals surface area contributed by atoms with E-state index in [9.17, 15) is 20.1 Å². The summed E-state index contributed by atoms with van der Waals surface area (Å²) in [6.07, 6.45) is -5.33. The second kappa shape index (κ2) is 4.57. The summed E-state index contributed by atoms with van der Waals surface area (Å²) < 4.78 is 5.41. The second-order valence-electron chi connectivity index (χ2n) is 4.82. The van der Waals surface area contributed by atoms with Crippen LogP contribution in [0.25, 0.3) is 0 Å². The summed E-state index contributed by atoms with van der Waals surface area (Å²) in [5, 5.41) is 29.1. The number of carbonyl (C=O) groups excluding carboxylic acids is 1. The first-order valence-electron chi connectivity index (χ1n) is 6.14. The van der Waals surface area contributed by atoms with Gasteiger partial charge >= 0.3 is 0 Å². The number of aliphatic hydroxyl groups is 3. The number of benzene rings is 1. The van der Waals surface area contributed by atoms with Crippen molar-refractivity contribution in [1.29, 1.82) is 0 Å². The Morgan fingerprint density at radius 1 is 1.11 bits per heavy atom. The van der Waals surface area contributed by atoms with E-state index in [0.717, 1.165) is 5.56 Å². The number of hydrogen-bond donors (Lipinski definition) is 3. The molecule has 2 heterocycles. The molecule has 6 heteroatoms. The third-order valence-corrected chi connectivity index (χ3v) is 3.69. The average Bonchev–Trinajstić information content (AvgIpc) is 2.88. The van der Waals surface area contributed by atoms with Gasteiger partial charge in [0.15, 0.2) is 12.3 Å². The first-order chi connectivity index (χ1) is 9.11. The van der Waals surface area contributed by atoms with Crippen LogP contribution in [0.2, 0.25) is 0 Å². The number of carbonyl (C=O) groups is 1. The Labute approximate surface area is 109 Å². The van der Waals surface area contributed by atoms with E-state index in [1.54, 1.807) is 0 Å². The van der Waals surface area contributed by atoms with Gasteiger partial charge in [0.05, 0.1) is 12.6 Å². The third-order valence-electron chi connectivity index (χ3n) is 3.69. The van der Waals surface area contributed by atoms with E-state index in [1.165, 1.54) is 4.90 Å². The molecule has 3 N–H and O–H groups in total. The Bertz CT molecular complexity index is 479. The smallest absolute Gasteiger partial charge is 0.256 e. The summed E-state index contributed by atoms with van der Waals surface area (Å²) in [5.74, 6) is -0.617. The predicted octanol–water partition coefficient (Wildman–Crippen LogP) is -0.991. The summed E-state index contributed by atoms with van der Waals surface area (Å²) in [7, 11) is 0. The van der Waals surface area contributed by atoms with E-state index in [2.05, 4.69) is 0 Å². The van der Waals surface area contributed by atoms with Crippen LogP contribution in [0.5, 0.6) is 0 Å². The number of hydrogen-bond acceptors (Lipinski definition) is 5. The van der Waals surface area contributed by atoms with E-state index in [-0.39, 0.29) is 12.6 Å². The van der Waals surface area contributed by atoms with Crippen LogP contribution in [0.15, 0.2) is 30.3 Å². The summed E-state index contributed by atoms with van der Waals surface area (Å²) in [5.41, 5.74) is 0.870. The van der Waals surface area contributed by atoms with Gasteiger partial charge in [-0.15, -0.1) is 0 Å². The molecule has 1 amide bonds. The van der Waals surface area contributed by atoms with Gasteiger partial charge < -0.3 is 25.0 Å². The lowest BCUT2D eigenvalue weighted by molar-refractivity contribution is -0.195. The van der Waals surface area contributed by atoms with Gasteiger partial charge in [-0.2, -0.15) is 0 Å². The number of nitrogens with zero attached hydrogens (tertiary/aromatic N) is 1. The van der Waals surface area contributed by atoms with Gasteiger partial charge in [-0.1, -0.05) is 30.3 Å². The lowest BCUT2D eigenvalue weighted by atomic mass is 9.97. The quantitative estimate of drug-likeness (QED) is 0.606. The molecule has 0 unspecified atom stereocenters. The van der Waals surface area contributed by atoms with Crippen LogP contribution in [-0.4, -0.2) is 57.3 Å². The van der Waals surface area contributed by atoms with E-state index in [1.807, 2.05) is 30.3 Å². The molecule has 3 rings (SSSR count). The molecule has 6 nitrogen and oxygen atoms in total. The van der Waals surface area contributed by atoms with Crippen LogP contribution in [-0.2, 0) is 9.53 Å². The van der Waals surface area contributed by atoms with Crippen LogP contribution in [0.1, 0.15) is 11.6 Å². The van der Waals surface area contributed by atoms with Crippen LogP contribution in [0, 0.1) is 0 Å². The maximum Gasteiger partial charge on any atom is 0.256 e. The average molecular weight is 265 g/mol. The maximum absolute atomic E-state index is 12.1. The Kier molecular flexibility index (Phi) is 3.02.